The van der Waals surface area contributed by atoms with E-state index in [9.17, 15) is 4.79 Å². The van der Waals surface area contributed by atoms with Crippen molar-refractivity contribution in [1.29, 1.82) is 0 Å². The summed E-state index contributed by atoms with van der Waals surface area (Å²) >= 11 is 0. The molecule has 104 valence electrons. The molecular weight excluding hydrogens is 240 g/mol. The first-order chi connectivity index (χ1) is 9.04. The van der Waals surface area contributed by atoms with Crippen molar-refractivity contribution in [3.05, 3.63) is 23.3 Å². The molecule has 1 N–H and O–H groups in total. The van der Waals surface area contributed by atoms with E-state index in [1.54, 1.807) is 12.0 Å². The van der Waals surface area contributed by atoms with Gasteiger partial charge in [-0.25, -0.2) is 0 Å². The van der Waals surface area contributed by atoms with Crippen molar-refractivity contribution < 1.29 is 9.53 Å². The summed E-state index contributed by atoms with van der Waals surface area (Å²) in [7, 11) is 3.52. The maximum absolute atomic E-state index is 12.4. The molecule has 1 fully saturated rings. The summed E-state index contributed by atoms with van der Waals surface area (Å²) in [6.45, 7) is 5.73. The molecule has 1 atom stereocenters. The summed E-state index contributed by atoms with van der Waals surface area (Å²) in [5, 5.41) is 3.23. The number of carbonyl (C=O) groups is 1. The Labute approximate surface area is 114 Å². The lowest BCUT2D eigenvalue weighted by atomic mass is 10.1. The number of carbonyl (C=O) groups excluding carboxylic acids is 1. The van der Waals surface area contributed by atoms with Crippen LogP contribution in [-0.2, 0) is 4.79 Å². The smallest absolute Gasteiger partial charge is 0.231 e. The van der Waals surface area contributed by atoms with Crippen molar-refractivity contribution >= 4 is 11.6 Å². The Hall–Kier alpha value is -1.55. The highest BCUT2D eigenvalue weighted by atomic mass is 16.5. The number of aryl methyl sites for hydroxylation is 2. The standard InChI is InChI=1S/C15H22N2O2/c1-10-7-13(8-11(2)14(10)19-4)17(3)15(18)12-5-6-16-9-12/h7-8,12,16H,5-6,9H2,1-4H3. The van der Waals surface area contributed by atoms with Gasteiger partial charge in [-0.05, 0) is 50.1 Å². The van der Waals surface area contributed by atoms with Crippen molar-refractivity contribution in [2.45, 2.75) is 20.3 Å². The number of rotatable bonds is 3. The van der Waals surface area contributed by atoms with Crippen LogP contribution in [-0.4, -0.2) is 33.2 Å². The highest BCUT2D eigenvalue weighted by Gasteiger charge is 2.26. The number of hydrogen-bond donors (Lipinski definition) is 1. The number of anilines is 1. The zero-order valence-corrected chi connectivity index (χ0v) is 12.1. The van der Waals surface area contributed by atoms with E-state index in [1.165, 1.54) is 0 Å². The van der Waals surface area contributed by atoms with Gasteiger partial charge in [-0.1, -0.05) is 0 Å². The Balaban J connectivity index is 2.23. The first-order valence-corrected chi connectivity index (χ1v) is 6.68. The number of nitrogens with one attached hydrogen (secondary N) is 1. The normalized spacial score (nSPS) is 18.4. The predicted molar refractivity (Wildman–Crippen MR) is 76.9 cm³/mol. The van der Waals surface area contributed by atoms with Crippen molar-refractivity contribution in [3.8, 4) is 5.75 Å². The van der Waals surface area contributed by atoms with E-state index in [4.69, 9.17) is 4.74 Å². The molecule has 19 heavy (non-hydrogen) atoms. The molecule has 1 aromatic carbocycles. The molecule has 1 saturated heterocycles. The summed E-state index contributed by atoms with van der Waals surface area (Å²) in [6.07, 6.45) is 0.928. The van der Waals surface area contributed by atoms with Gasteiger partial charge in [0.2, 0.25) is 5.91 Å². The van der Waals surface area contributed by atoms with Gasteiger partial charge in [0.25, 0.3) is 0 Å². The molecule has 4 heteroatoms. The summed E-state index contributed by atoms with van der Waals surface area (Å²) < 4.78 is 5.36. The largest absolute Gasteiger partial charge is 0.496 e. The lowest BCUT2D eigenvalue weighted by molar-refractivity contribution is -0.121. The lowest BCUT2D eigenvalue weighted by Gasteiger charge is -2.22. The van der Waals surface area contributed by atoms with E-state index < -0.39 is 0 Å². The summed E-state index contributed by atoms with van der Waals surface area (Å²) in [5.74, 6) is 1.19. The molecule has 0 saturated carbocycles. The topological polar surface area (TPSA) is 41.6 Å². The summed E-state index contributed by atoms with van der Waals surface area (Å²) in [6, 6.07) is 4.01. The van der Waals surface area contributed by atoms with Gasteiger partial charge in [0.1, 0.15) is 5.75 Å². The average molecular weight is 262 g/mol. The average Bonchev–Trinajstić information content (AvgIpc) is 2.90. The van der Waals surface area contributed by atoms with Crippen LogP contribution in [0.4, 0.5) is 5.69 Å². The molecule has 0 radical (unpaired) electrons. The number of nitrogens with zero attached hydrogens (tertiary/aromatic N) is 1. The van der Waals surface area contributed by atoms with Crippen LogP contribution in [0.2, 0.25) is 0 Å². The van der Waals surface area contributed by atoms with Gasteiger partial charge in [-0.3, -0.25) is 4.79 Å². The Morgan fingerprint density at radius 2 is 2.00 bits per heavy atom. The van der Waals surface area contributed by atoms with Crippen molar-refractivity contribution in [3.63, 3.8) is 0 Å². The van der Waals surface area contributed by atoms with E-state index in [2.05, 4.69) is 5.32 Å². The molecule has 4 nitrogen and oxygen atoms in total. The second kappa shape index (κ2) is 5.61. The van der Waals surface area contributed by atoms with Crippen LogP contribution < -0.4 is 15.0 Å². The van der Waals surface area contributed by atoms with Crippen LogP contribution in [0.15, 0.2) is 12.1 Å². The molecule has 2 rings (SSSR count). The fourth-order valence-corrected chi connectivity index (χ4v) is 2.71. The molecule has 1 unspecified atom stereocenters. The Morgan fingerprint density at radius 3 is 2.47 bits per heavy atom. The monoisotopic (exact) mass is 262 g/mol. The van der Waals surface area contributed by atoms with E-state index >= 15 is 0 Å². The SMILES string of the molecule is COc1c(C)cc(N(C)C(=O)C2CCNC2)cc1C. The van der Waals surface area contributed by atoms with Crippen molar-refractivity contribution in [2.24, 2.45) is 5.92 Å². The Morgan fingerprint density at radius 1 is 1.37 bits per heavy atom. The van der Waals surface area contributed by atoms with E-state index in [-0.39, 0.29) is 11.8 Å². The molecule has 1 amide bonds. The fourth-order valence-electron chi connectivity index (χ4n) is 2.71. The number of hydrogen-bond acceptors (Lipinski definition) is 3. The third-order valence-electron chi connectivity index (χ3n) is 3.78. The number of benzene rings is 1. The van der Waals surface area contributed by atoms with Gasteiger partial charge < -0.3 is 15.0 Å². The molecule has 0 aliphatic carbocycles. The molecule has 0 spiro atoms. The highest BCUT2D eigenvalue weighted by Crippen LogP contribution is 2.29. The van der Waals surface area contributed by atoms with E-state index in [1.807, 2.05) is 33.0 Å². The van der Waals surface area contributed by atoms with Crippen molar-refractivity contribution in [2.75, 3.05) is 32.1 Å². The molecule has 1 aliphatic heterocycles. The predicted octanol–water partition coefficient (Wildman–Crippen LogP) is 1.88. The van der Waals surface area contributed by atoms with Gasteiger partial charge >= 0.3 is 0 Å². The molecule has 0 aromatic heterocycles. The van der Waals surface area contributed by atoms with Gasteiger partial charge in [-0.15, -0.1) is 0 Å². The van der Waals surface area contributed by atoms with Crippen LogP contribution in [0.25, 0.3) is 0 Å². The van der Waals surface area contributed by atoms with Crippen LogP contribution in [0.1, 0.15) is 17.5 Å². The minimum Gasteiger partial charge on any atom is -0.496 e. The van der Waals surface area contributed by atoms with Crippen LogP contribution in [0.5, 0.6) is 5.75 Å². The third-order valence-corrected chi connectivity index (χ3v) is 3.78. The lowest BCUT2D eigenvalue weighted by Crippen LogP contribution is -2.34. The van der Waals surface area contributed by atoms with Gasteiger partial charge in [-0.2, -0.15) is 0 Å². The summed E-state index contributed by atoms with van der Waals surface area (Å²) in [4.78, 5) is 14.1. The highest BCUT2D eigenvalue weighted by molar-refractivity contribution is 5.95. The third kappa shape index (κ3) is 2.73. The van der Waals surface area contributed by atoms with Crippen molar-refractivity contribution in [1.82, 2.24) is 5.32 Å². The Bertz CT molecular complexity index is 456. The second-order valence-electron chi connectivity index (χ2n) is 5.20. The van der Waals surface area contributed by atoms with E-state index in [0.29, 0.717) is 0 Å². The zero-order chi connectivity index (χ0) is 14.0. The first kappa shape index (κ1) is 13.9. The van der Waals surface area contributed by atoms with Gasteiger partial charge in [0.15, 0.2) is 0 Å². The Kier molecular flexibility index (Phi) is 4.10. The van der Waals surface area contributed by atoms with E-state index in [0.717, 1.165) is 42.1 Å². The number of amides is 1. The quantitative estimate of drug-likeness (QED) is 0.904. The molecule has 1 aliphatic rings. The van der Waals surface area contributed by atoms with Gasteiger partial charge in [0.05, 0.1) is 13.0 Å². The number of methoxy groups -OCH3 is 1. The maximum Gasteiger partial charge on any atom is 0.231 e. The number of ether oxygens (including phenoxy) is 1. The molecule has 1 aromatic rings. The minimum atomic E-state index is 0.104. The van der Waals surface area contributed by atoms with Crippen LogP contribution >= 0.6 is 0 Å². The minimum absolute atomic E-state index is 0.104. The second-order valence-corrected chi connectivity index (χ2v) is 5.20. The first-order valence-electron chi connectivity index (χ1n) is 6.68. The molecular formula is C15H22N2O2. The van der Waals surface area contributed by atoms with Crippen LogP contribution in [0, 0.1) is 19.8 Å². The molecule has 1 heterocycles. The summed E-state index contributed by atoms with van der Waals surface area (Å²) in [5.41, 5.74) is 3.05. The molecule has 0 bridgehead atoms. The fraction of sp³-hybridized carbons (Fsp3) is 0.533. The maximum atomic E-state index is 12.4. The van der Waals surface area contributed by atoms with Crippen LogP contribution in [0.3, 0.4) is 0 Å². The zero-order valence-electron chi connectivity index (χ0n) is 12.1. The van der Waals surface area contributed by atoms with Gasteiger partial charge in [0, 0.05) is 19.3 Å².